The van der Waals surface area contributed by atoms with Gasteiger partial charge in [0.25, 0.3) is 0 Å². The molecule has 0 aliphatic carbocycles. The Hall–Kier alpha value is -1.26. The molecule has 2 N–H and O–H groups in total. The topological polar surface area (TPSA) is 61.8 Å². The van der Waals surface area contributed by atoms with E-state index in [0.717, 1.165) is 16.6 Å². The van der Waals surface area contributed by atoms with E-state index < -0.39 is 0 Å². The molecule has 1 heterocycles. The van der Waals surface area contributed by atoms with Crippen molar-refractivity contribution in [2.45, 2.75) is 19.6 Å². The molecule has 0 radical (unpaired) electrons. The van der Waals surface area contributed by atoms with Crippen molar-refractivity contribution < 1.29 is 4.74 Å². The van der Waals surface area contributed by atoms with E-state index in [9.17, 15) is 0 Å². The summed E-state index contributed by atoms with van der Waals surface area (Å²) in [5.41, 5.74) is 0.988. The molecule has 0 spiro atoms. The predicted molar refractivity (Wildman–Crippen MR) is 122 cm³/mol. The third kappa shape index (κ3) is 7.55. The molecular weight excluding hydrogens is 485 g/mol. The number of hydrogen-bond donors (Lipinski definition) is 2. The Labute approximate surface area is 181 Å². The van der Waals surface area contributed by atoms with Crippen molar-refractivity contribution in [2.75, 3.05) is 32.6 Å². The lowest BCUT2D eigenvalue weighted by atomic mass is 10.3. The average Bonchev–Trinajstić information content (AvgIpc) is 3.06. The Balaban J connectivity index is 0.00000338. The number of benzene rings is 1. The second-order valence-corrected chi connectivity index (χ2v) is 6.98. The van der Waals surface area contributed by atoms with Gasteiger partial charge in [-0.15, -0.1) is 35.3 Å². The quantitative estimate of drug-likeness (QED) is 0.339. The molecule has 1 unspecified atom stereocenters. The molecule has 0 bridgehead atoms. The number of hydrogen-bond acceptors (Lipinski definition) is 5. The van der Waals surface area contributed by atoms with Crippen LogP contribution in [0.4, 0.5) is 5.13 Å². The van der Waals surface area contributed by atoms with E-state index in [0.29, 0.717) is 24.1 Å². The van der Waals surface area contributed by atoms with Crippen LogP contribution in [-0.2, 0) is 6.54 Å². The molecule has 9 heteroatoms. The molecule has 1 aromatic carbocycles. The highest BCUT2D eigenvalue weighted by atomic mass is 127. The fraction of sp³-hybridized carbons (Fsp3) is 0.412. The Morgan fingerprint density at radius 1 is 1.31 bits per heavy atom. The minimum atomic E-state index is -0.0145. The Morgan fingerprint density at radius 3 is 2.58 bits per heavy atom. The highest BCUT2D eigenvalue weighted by Crippen LogP contribution is 2.18. The normalized spacial score (nSPS) is 12.1. The van der Waals surface area contributed by atoms with Crippen LogP contribution < -0.4 is 20.3 Å². The van der Waals surface area contributed by atoms with Crippen LogP contribution in [0.1, 0.15) is 12.6 Å². The lowest BCUT2D eigenvalue weighted by Gasteiger charge is -2.17. The maximum atomic E-state index is 5.87. The SMILES string of the molecule is CN=C(NCc1csc(N(C)C)n1)NCC(C)Oc1ccc(Cl)cc1.I. The number of aromatic nitrogens is 1. The van der Waals surface area contributed by atoms with Crippen molar-refractivity contribution >= 4 is 58.0 Å². The van der Waals surface area contributed by atoms with Gasteiger partial charge >= 0.3 is 0 Å². The van der Waals surface area contributed by atoms with Gasteiger partial charge in [0.15, 0.2) is 11.1 Å². The standard InChI is InChI=1S/C17H24ClN5OS.HI/c1-12(24-15-7-5-13(18)6-8-15)9-20-16(19-2)21-10-14-11-25-17(22-14)23(3)4;/h5-8,11-12H,9-10H2,1-4H3,(H2,19,20,21);1H. The van der Waals surface area contributed by atoms with Crippen LogP contribution in [0, 0.1) is 0 Å². The molecule has 2 rings (SSSR count). The average molecular weight is 510 g/mol. The van der Waals surface area contributed by atoms with Crippen molar-refractivity contribution in [3.05, 3.63) is 40.4 Å². The maximum Gasteiger partial charge on any atom is 0.191 e. The van der Waals surface area contributed by atoms with Gasteiger partial charge in [-0.2, -0.15) is 0 Å². The number of aliphatic imine (C=N–C) groups is 1. The van der Waals surface area contributed by atoms with Gasteiger partial charge in [-0.05, 0) is 31.2 Å². The predicted octanol–water partition coefficient (Wildman–Crippen LogP) is 3.61. The van der Waals surface area contributed by atoms with Crippen molar-refractivity contribution in [3.8, 4) is 5.75 Å². The number of guanidine groups is 1. The Kier molecular flexibility index (Phi) is 10.0. The fourth-order valence-electron chi connectivity index (χ4n) is 2.01. The first kappa shape index (κ1) is 22.8. The van der Waals surface area contributed by atoms with Crippen molar-refractivity contribution in [1.82, 2.24) is 15.6 Å². The number of nitrogens with zero attached hydrogens (tertiary/aromatic N) is 3. The number of anilines is 1. The molecule has 1 atom stereocenters. The van der Waals surface area contributed by atoms with E-state index >= 15 is 0 Å². The number of rotatable bonds is 7. The molecule has 0 aliphatic rings. The lowest BCUT2D eigenvalue weighted by molar-refractivity contribution is 0.224. The molecule has 26 heavy (non-hydrogen) atoms. The summed E-state index contributed by atoms with van der Waals surface area (Å²) < 4.78 is 5.84. The summed E-state index contributed by atoms with van der Waals surface area (Å²) in [6.07, 6.45) is -0.0145. The highest BCUT2D eigenvalue weighted by Gasteiger charge is 2.07. The zero-order valence-electron chi connectivity index (χ0n) is 15.3. The first-order chi connectivity index (χ1) is 12.0. The summed E-state index contributed by atoms with van der Waals surface area (Å²) in [5.74, 6) is 1.51. The molecule has 0 saturated carbocycles. The molecule has 0 aliphatic heterocycles. The third-order valence-corrected chi connectivity index (χ3v) is 4.60. The molecule has 0 amide bonds. The molecule has 144 valence electrons. The van der Waals surface area contributed by atoms with Gasteiger partial charge in [-0.25, -0.2) is 4.98 Å². The first-order valence-electron chi connectivity index (χ1n) is 7.96. The molecule has 6 nitrogen and oxygen atoms in total. The molecule has 0 saturated heterocycles. The highest BCUT2D eigenvalue weighted by molar-refractivity contribution is 14.0. The van der Waals surface area contributed by atoms with Crippen molar-refractivity contribution in [3.63, 3.8) is 0 Å². The van der Waals surface area contributed by atoms with E-state index in [2.05, 4.69) is 20.6 Å². The van der Waals surface area contributed by atoms with Crippen LogP contribution in [0.3, 0.4) is 0 Å². The van der Waals surface area contributed by atoms with Gasteiger partial charge in [0.2, 0.25) is 0 Å². The van der Waals surface area contributed by atoms with Crippen LogP contribution in [0.25, 0.3) is 0 Å². The van der Waals surface area contributed by atoms with Gasteiger partial charge in [0.1, 0.15) is 11.9 Å². The van der Waals surface area contributed by atoms with Crippen molar-refractivity contribution in [1.29, 1.82) is 0 Å². The molecule has 0 fully saturated rings. The first-order valence-corrected chi connectivity index (χ1v) is 9.22. The summed E-state index contributed by atoms with van der Waals surface area (Å²) >= 11 is 7.50. The summed E-state index contributed by atoms with van der Waals surface area (Å²) in [6.45, 7) is 3.25. The molecule has 1 aromatic heterocycles. The molecule has 2 aromatic rings. The fourth-order valence-corrected chi connectivity index (χ4v) is 2.89. The van der Waals surface area contributed by atoms with E-state index in [1.165, 1.54) is 0 Å². The van der Waals surface area contributed by atoms with E-state index in [1.54, 1.807) is 18.4 Å². The van der Waals surface area contributed by atoms with Crippen molar-refractivity contribution in [2.24, 2.45) is 4.99 Å². The Bertz CT molecular complexity index is 693. The minimum absolute atomic E-state index is 0. The monoisotopic (exact) mass is 509 g/mol. The van der Waals surface area contributed by atoms with Crippen LogP contribution in [0.2, 0.25) is 5.02 Å². The van der Waals surface area contributed by atoms with Crippen LogP contribution in [-0.4, -0.2) is 44.7 Å². The minimum Gasteiger partial charge on any atom is -0.489 e. The number of thiazole rings is 1. The van der Waals surface area contributed by atoms with Crippen LogP contribution in [0.5, 0.6) is 5.75 Å². The molecular formula is C17H25ClIN5OS. The van der Waals surface area contributed by atoms with Gasteiger partial charge < -0.3 is 20.3 Å². The van der Waals surface area contributed by atoms with E-state index in [-0.39, 0.29) is 30.1 Å². The van der Waals surface area contributed by atoms with Gasteiger partial charge in [0, 0.05) is 31.5 Å². The van der Waals surface area contributed by atoms with E-state index in [4.69, 9.17) is 16.3 Å². The number of ether oxygens (including phenoxy) is 1. The van der Waals surface area contributed by atoms with Crippen LogP contribution >= 0.6 is 46.9 Å². The summed E-state index contributed by atoms with van der Waals surface area (Å²) in [7, 11) is 5.71. The number of nitrogens with one attached hydrogen (secondary N) is 2. The van der Waals surface area contributed by atoms with Crippen LogP contribution in [0.15, 0.2) is 34.6 Å². The second-order valence-electron chi connectivity index (χ2n) is 5.70. The largest absolute Gasteiger partial charge is 0.489 e. The number of halogens is 2. The summed E-state index contributed by atoms with van der Waals surface area (Å²) in [5, 5.41) is 10.2. The van der Waals surface area contributed by atoms with E-state index in [1.807, 2.05) is 55.6 Å². The summed E-state index contributed by atoms with van der Waals surface area (Å²) in [4.78, 5) is 10.8. The van der Waals surface area contributed by atoms with Gasteiger partial charge in [0.05, 0.1) is 18.8 Å². The van der Waals surface area contributed by atoms with Gasteiger partial charge in [-0.3, -0.25) is 4.99 Å². The maximum absolute atomic E-state index is 5.87. The Morgan fingerprint density at radius 2 is 2.00 bits per heavy atom. The zero-order valence-corrected chi connectivity index (χ0v) is 19.2. The zero-order chi connectivity index (χ0) is 18.2. The lowest BCUT2D eigenvalue weighted by Crippen LogP contribution is -2.41. The second kappa shape index (κ2) is 11.5. The summed E-state index contributed by atoms with van der Waals surface area (Å²) in [6, 6.07) is 7.34. The van der Waals surface area contributed by atoms with Gasteiger partial charge in [-0.1, -0.05) is 11.6 Å². The third-order valence-electron chi connectivity index (χ3n) is 3.29. The smallest absolute Gasteiger partial charge is 0.191 e.